The third-order valence-corrected chi connectivity index (χ3v) is 3.23. The summed E-state index contributed by atoms with van der Waals surface area (Å²) >= 11 is 6.09. The maximum atomic E-state index is 11.9. The fraction of sp³-hybridized carbons (Fsp3) is 0.308. The van der Waals surface area contributed by atoms with Crippen LogP contribution in [0.2, 0.25) is 5.02 Å². The minimum absolute atomic E-state index is 0.145. The molecule has 1 aromatic carbocycles. The van der Waals surface area contributed by atoms with Crippen molar-refractivity contribution < 1.29 is 4.74 Å². The van der Waals surface area contributed by atoms with Gasteiger partial charge in [0.15, 0.2) is 5.75 Å². The van der Waals surface area contributed by atoms with Gasteiger partial charge < -0.3 is 15.5 Å². The second-order valence-electron chi connectivity index (χ2n) is 4.16. The van der Waals surface area contributed by atoms with E-state index in [0.717, 1.165) is 10.9 Å². The molecule has 1 heterocycles. The molecule has 2 rings (SSSR count). The number of rotatable bonds is 3. The van der Waals surface area contributed by atoms with Crippen LogP contribution in [-0.2, 0) is 6.42 Å². The quantitative estimate of drug-likeness (QED) is 0.893. The maximum Gasteiger partial charge on any atom is 0.251 e. The van der Waals surface area contributed by atoms with Crippen LogP contribution in [0.1, 0.15) is 11.1 Å². The molecule has 5 heteroatoms. The summed E-state index contributed by atoms with van der Waals surface area (Å²) in [4.78, 5) is 14.7. The molecule has 0 saturated heterocycles. The van der Waals surface area contributed by atoms with Gasteiger partial charge in [0.2, 0.25) is 0 Å². The average Bonchev–Trinajstić information content (AvgIpc) is 2.32. The van der Waals surface area contributed by atoms with E-state index < -0.39 is 0 Å². The summed E-state index contributed by atoms with van der Waals surface area (Å²) in [6.07, 6.45) is 0.551. The summed E-state index contributed by atoms with van der Waals surface area (Å²) in [7, 11) is 1.53. The van der Waals surface area contributed by atoms with E-state index >= 15 is 0 Å². The number of aromatic amines is 1. The lowest BCUT2D eigenvalue weighted by Crippen LogP contribution is -2.16. The number of H-pyrrole nitrogens is 1. The van der Waals surface area contributed by atoms with E-state index in [1.807, 2.05) is 19.1 Å². The zero-order valence-electron chi connectivity index (χ0n) is 10.3. The van der Waals surface area contributed by atoms with Gasteiger partial charge >= 0.3 is 0 Å². The molecule has 0 radical (unpaired) electrons. The van der Waals surface area contributed by atoms with Crippen molar-refractivity contribution >= 4 is 22.5 Å². The zero-order chi connectivity index (χ0) is 13.3. The standard InChI is InChI=1S/C13H15ClN2O2/c1-7-5-10(14)12(18-2)11-9(7)6-8(3-4-15)13(17)16-11/h5-6H,3-4,15H2,1-2H3,(H,16,17). The fourth-order valence-electron chi connectivity index (χ4n) is 2.06. The lowest BCUT2D eigenvalue weighted by atomic mass is 10.1. The number of fused-ring (bicyclic) bond motifs is 1. The third-order valence-electron chi connectivity index (χ3n) is 2.95. The maximum absolute atomic E-state index is 11.9. The first-order valence-corrected chi connectivity index (χ1v) is 6.05. The van der Waals surface area contributed by atoms with Crippen molar-refractivity contribution in [2.24, 2.45) is 5.73 Å². The first-order valence-electron chi connectivity index (χ1n) is 5.67. The predicted molar refractivity (Wildman–Crippen MR) is 73.6 cm³/mol. The van der Waals surface area contributed by atoms with Gasteiger partial charge in [0.1, 0.15) is 0 Å². The van der Waals surface area contributed by atoms with Crippen molar-refractivity contribution in [2.75, 3.05) is 13.7 Å². The lowest BCUT2D eigenvalue weighted by molar-refractivity contribution is 0.419. The minimum Gasteiger partial charge on any atom is -0.493 e. The molecular formula is C13H15ClN2O2. The number of benzene rings is 1. The SMILES string of the molecule is COc1c(Cl)cc(C)c2cc(CCN)c(=O)[nH]c12. The van der Waals surface area contributed by atoms with Crippen molar-refractivity contribution in [1.82, 2.24) is 4.98 Å². The Morgan fingerprint density at radius 3 is 2.78 bits per heavy atom. The van der Waals surface area contributed by atoms with E-state index in [2.05, 4.69) is 4.98 Å². The Labute approximate surface area is 110 Å². The van der Waals surface area contributed by atoms with Gasteiger partial charge in [0, 0.05) is 10.9 Å². The average molecular weight is 267 g/mol. The Morgan fingerprint density at radius 2 is 2.17 bits per heavy atom. The molecule has 0 bridgehead atoms. The Hall–Kier alpha value is -1.52. The summed E-state index contributed by atoms with van der Waals surface area (Å²) in [6.45, 7) is 2.39. The Kier molecular flexibility index (Phi) is 3.59. The van der Waals surface area contributed by atoms with Crippen LogP contribution in [0.25, 0.3) is 10.9 Å². The number of ether oxygens (including phenoxy) is 1. The number of methoxy groups -OCH3 is 1. The third kappa shape index (κ3) is 2.09. The van der Waals surface area contributed by atoms with Crippen molar-refractivity contribution in [1.29, 1.82) is 0 Å². The van der Waals surface area contributed by atoms with Crippen LogP contribution < -0.4 is 16.0 Å². The van der Waals surface area contributed by atoms with Gasteiger partial charge in [-0.05, 0) is 37.6 Å². The van der Waals surface area contributed by atoms with Gasteiger partial charge in [-0.25, -0.2) is 0 Å². The minimum atomic E-state index is -0.145. The first kappa shape index (κ1) is 12.9. The molecule has 0 aliphatic heterocycles. The number of aryl methyl sites for hydroxylation is 1. The molecule has 0 aliphatic carbocycles. The number of hydrogen-bond donors (Lipinski definition) is 2. The highest BCUT2D eigenvalue weighted by molar-refractivity contribution is 6.33. The fourth-order valence-corrected chi connectivity index (χ4v) is 2.39. The molecule has 0 aliphatic rings. The predicted octanol–water partition coefficient (Wildman–Crippen LogP) is 2.00. The van der Waals surface area contributed by atoms with Crippen molar-refractivity contribution in [3.8, 4) is 5.75 Å². The van der Waals surface area contributed by atoms with E-state index in [1.165, 1.54) is 7.11 Å². The molecule has 0 spiro atoms. The molecule has 4 nitrogen and oxygen atoms in total. The van der Waals surface area contributed by atoms with Crippen LogP contribution >= 0.6 is 11.6 Å². The largest absolute Gasteiger partial charge is 0.493 e. The van der Waals surface area contributed by atoms with Crippen molar-refractivity contribution in [2.45, 2.75) is 13.3 Å². The van der Waals surface area contributed by atoms with Crippen LogP contribution in [0.5, 0.6) is 5.75 Å². The molecule has 0 amide bonds. The summed E-state index contributed by atoms with van der Waals surface area (Å²) < 4.78 is 5.24. The van der Waals surface area contributed by atoms with Crippen LogP contribution in [0.15, 0.2) is 16.9 Å². The topological polar surface area (TPSA) is 68.1 Å². The second-order valence-corrected chi connectivity index (χ2v) is 4.57. The number of pyridine rings is 1. The highest BCUT2D eigenvalue weighted by Crippen LogP contribution is 2.33. The highest BCUT2D eigenvalue weighted by Gasteiger charge is 2.12. The Balaban J connectivity index is 2.83. The smallest absolute Gasteiger partial charge is 0.251 e. The summed E-state index contributed by atoms with van der Waals surface area (Å²) in [6, 6.07) is 3.68. The number of nitrogens with two attached hydrogens (primary N) is 1. The molecule has 2 aromatic rings. The molecule has 3 N–H and O–H groups in total. The van der Waals surface area contributed by atoms with Crippen LogP contribution in [0.3, 0.4) is 0 Å². The molecule has 0 fully saturated rings. The number of halogens is 1. The van der Waals surface area contributed by atoms with Crippen LogP contribution in [0, 0.1) is 6.92 Å². The summed E-state index contributed by atoms with van der Waals surface area (Å²) in [5.41, 5.74) is 7.65. The van der Waals surface area contributed by atoms with Gasteiger partial charge in [-0.2, -0.15) is 0 Å². The molecule has 0 unspecified atom stereocenters. The van der Waals surface area contributed by atoms with E-state index in [1.54, 1.807) is 0 Å². The molecule has 96 valence electrons. The van der Waals surface area contributed by atoms with Crippen LogP contribution in [0.4, 0.5) is 0 Å². The van der Waals surface area contributed by atoms with E-state index in [-0.39, 0.29) is 5.56 Å². The summed E-state index contributed by atoms with van der Waals surface area (Å²) in [5.74, 6) is 0.494. The Morgan fingerprint density at radius 1 is 1.44 bits per heavy atom. The van der Waals surface area contributed by atoms with Crippen molar-refractivity contribution in [3.05, 3.63) is 38.6 Å². The Bertz CT molecular complexity index is 649. The molecule has 18 heavy (non-hydrogen) atoms. The summed E-state index contributed by atoms with van der Waals surface area (Å²) in [5, 5.41) is 1.42. The van der Waals surface area contributed by atoms with Crippen LogP contribution in [-0.4, -0.2) is 18.6 Å². The van der Waals surface area contributed by atoms with Gasteiger partial charge in [0.05, 0.1) is 17.6 Å². The number of aromatic nitrogens is 1. The highest BCUT2D eigenvalue weighted by atomic mass is 35.5. The van der Waals surface area contributed by atoms with Gasteiger partial charge in [-0.1, -0.05) is 11.6 Å². The van der Waals surface area contributed by atoms with Gasteiger partial charge in [0.25, 0.3) is 5.56 Å². The molecule has 1 aromatic heterocycles. The second kappa shape index (κ2) is 5.00. The number of hydrogen-bond acceptors (Lipinski definition) is 3. The monoisotopic (exact) mass is 266 g/mol. The zero-order valence-corrected chi connectivity index (χ0v) is 11.1. The molecular weight excluding hydrogens is 252 g/mol. The molecule has 0 saturated carbocycles. The van der Waals surface area contributed by atoms with E-state index in [9.17, 15) is 4.79 Å². The normalized spacial score (nSPS) is 10.9. The number of nitrogens with one attached hydrogen (secondary N) is 1. The first-order chi connectivity index (χ1) is 8.58. The van der Waals surface area contributed by atoms with Gasteiger partial charge in [-0.15, -0.1) is 0 Å². The lowest BCUT2D eigenvalue weighted by Gasteiger charge is -2.11. The van der Waals surface area contributed by atoms with Crippen molar-refractivity contribution in [3.63, 3.8) is 0 Å². The van der Waals surface area contributed by atoms with E-state index in [4.69, 9.17) is 22.1 Å². The van der Waals surface area contributed by atoms with E-state index in [0.29, 0.717) is 34.8 Å². The van der Waals surface area contributed by atoms with Gasteiger partial charge in [-0.3, -0.25) is 4.79 Å². The molecule has 0 atom stereocenters.